The molecule has 2 rings (SSSR count). The fourth-order valence-electron chi connectivity index (χ4n) is 2.14. The van der Waals surface area contributed by atoms with Crippen molar-refractivity contribution in [2.45, 2.75) is 31.7 Å². The smallest absolute Gasteiger partial charge is 0.169 e. The highest BCUT2D eigenvalue weighted by Gasteiger charge is 2.43. The van der Waals surface area contributed by atoms with Crippen molar-refractivity contribution in [1.82, 2.24) is 0 Å². The summed E-state index contributed by atoms with van der Waals surface area (Å²) in [4.78, 5) is 0. The summed E-state index contributed by atoms with van der Waals surface area (Å²) in [5.74, 6) is 2.62. The van der Waals surface area contributed by atoms with Gasteiger partial charge in [0.1, 0.15) is 0 Å². The fourth-order valence-corrected chi connectivity index (χ4v) is 3.43. The quantitative estimate of drug-likeness (QED) is 0.755. The molecule has 2 heterocycles. The lowest BCUT2D eigenvalue weighted by Gasteiger charge is -2.34. The predicted octanol–water partition coefficient (Wildman–Crippen LogP) is 1.22. The van der Waals surface area contributed by atoms with Crippen molar-refractivity contribution < 1.29 is 9.47 Å². The van der Waals surface area contributed by atoms with Gasteiger partial charge in [0.05, 0.1) is 12.7 Å². The van der Waals surface area contributed by atoms with Crippen molar-refractivity contribution >= 4 is 11.8 Å². The van der Waals surface area contributed by atoms with Gasteiger partial charge < -0.3 is 15.2 Å². The summed E-state index contributed by atoms with van der Waals surface area (Å²) in [6.45, 7) is 3.29. The average Bonchev–Trinajstić information content (AvgIpc) is 2.63. The topological polar surface area (TPSA) is 44.5 Å². The summed E-state index contributed by atoms with van der Waals surface area (Å²) in [6.07, 6.45) is 2.61. The molecule has 0 aromatic carbocycles. The Morgan fingerprint density at radius 2 is 2.43 bits per heavy atom. The van der Waals surface area contributed by atoms with E-state index >= 15 is 0 Å². The highest BCUT2D eigenvalue weighted by Crippen LogP contribution is 2.38. The van der Waals surface area contributed by atoms with E-state index in [1.165, 1.54) is 18.6 Å². The van der Waals surface area contributed by atoms with E-state index in [4.69, 9.17) is 15.2 Å². The van der Waals surface area contributed by atoms with E-state index in [0.29, 0.717) is 19.1 Å². The summed E-state index contributed by atoms with van der Waals surface area (Å²) in [6, 6.07) is 0. The zero-order valence-corrected chi connectivity index (χ0v) is 9.52. The molecule has 0 spiro atoms. The first-order valence-corrected chi connectivity index (χ1v) is 6.49. The van der Waals surface area contributed by atoms with Gasteiger partial charge in [-0.2, -0.15) is 11.8 Å². The van der Waals surface area contributed by atoms with Gasteiger partial charge in [0.2, 0.25) is 0 Å². The first kappa shape index (κ1) is 10.7. The second-order valence-electron chi connectivity index (χ2n) is 4.22. The maximum atomic E-state index is 5.88. The molecule has 0 aromatic rings. The van der Waals surface area contributed by atoms with Crippen LogP contribution in [0.3, 0.4) is 0 Å². The average molecular weight is 217 g/mol. The monoisotopic (exact) mass is 217 g/mol. The molecule has 2 N–H and O–H groups in total. The Labute approximate surface area is 89.7 Å². The first-order chi connectivity index (χ1) is 6.74. The molecule has 2 aliphatic heterocycles. The SMILES string of the molecule is CC1(C2CCCSC2)OCC(CN)O1. The zero-order valence-electron chi connectivity index (χ0n) is 8.70. The third-order valence-corrected chi connectivity index (χ3v) is 4.34. The van der Waals surface area contributed by atoms with Crippen molar-refractivity contribution in [2.75, 3.05) is 24.7 Å². The van der Waals surface area contributed by atoms with E-state index in [0.717, 1.165) is 5.75 Å². The van der Waals surface area contributed by atoms with Crippen LogP contribution in [0.2, 0.25) is 0 Å². The van der Waals surface area contributed by atoms with E-state index in [1.54, 1.807) is 0 Å². The van der Waals surface area contributed by atoms with Crippen molar-refractivity contribution in [3.63, 3.8) is 0 Å². The molecule has 2 saturated heterocycles. The van der Waals surface area contributed by atoms with Crippen molar-refractivity contribution in [3.05, 3.63) is 0 Å². The van der Waals surface area contributed by atoms with Crippen LogP contribution in [-0.4, -0.2) is 36.5 Å². The molecule has 3 atom stereocenters. The van der Waals surface area contributed by atoms with Gasteiger partial charge in [-0.05, 0) is 25.5 Å². The van der Waals surface area contributed by atoms with Crippen molar-refractivity contribution in [2.24, 2.45) is 11.7 Å². The molecule has 0 radical (unpaired) electrons. The minimum atomic E-state index is -0.364. The van der Waals surface area contributed by atoms with Crippen molar-refractivity contribution in [3.8, 4) is 0 Å². The Morgan fingerprint density at radius 3 is 3.00 bits per heavy atom. The molecule has 0 aliphatic carbocycles. The van der Waals surface area contributed by atoms with Gasteiger partial charge in [-0.15, -0.1) is 0 Å². The van der Waals surface area contributed by atoms with Gasteiger partial charge in [0.15, 0.2) is 5.79 Å². The lowest BCUT2D eigenvalue weighted by molar-refractivity contribution is -0.187. The lowest BCUT2D eigenvalue weighted by atomic mass is 9.96. The van der Waals surface area contributed by atoms with E-state index in [9.17, 15) is 0 Å². The standard InChI is InChI=1S/C10H19NO2S/c1-10(8-3-2-4-14-7-8)12-6-9(5-11)13-10/h8-9H,2-7,11H2,1H3. The van der Waals surface area contributed by atoms with Gasteiger partial charge in [-0.25, -0.2) is 0 Å². The number of hydrogen-bond donors (Lipinski definition) is 1. The van der Waals surface area contributed by atoms with Crippen LogP contribution >= 0.6 is 11.8 Å². The summed E-state index contributed by atoms with van der Waals surface area (Å²) in [5, 5.41) is 0. The molecule has 3 nitrogen and oxygen atoms in total. The second-order valence-corrected chi connectivity index (χ2v) is 5.37. The normalized spacial score (nSPS) is 44.1. The number of hydrogen-bond acceptors (Lipinski definition) is 4. The molecular weight excluding hydrogens is 198 g/mol. The Bertz CT molecular complexity index is 197. The Morgan fingerprint density at radius 1 is 1.57 bits per heavy atom. The number of thioether (sulfide) groups is 1. The molecule has 0 saturated carbocycles. The van der Waals surface area contributed by atoms with Crippen LogP contribution in [0.1, 0.15) is 19.8 Å². The first-order valence-electron chi connectivity index (χ1n) is 5.34. The summed E-state index contributed by atoms with van der Waals surface area (Å²) < 4.78 is 11.6. The lowest BCUT2D eigenvalue weighted by Crippen LogP contribution is -2.40. The van der Waals surface area contributed by atoms with Gasteiger partial charge >= 0.3 is 0 Å². The summed E-state index contributed by atoms with van der Waals surface area (Å²) >= 11 is 2.01. The molecule has 2 fully saturated rings. The highest BCUT2D eigenvalue weighted by molar-refractivity contribution is 7.99. The van der Waals surface area contributed by atoms with E-state index in [-0.39, 0.29) is 11.9 Å². The highest BCUT2D eigenvalue weighted by atomic mass is 32.2. The number of nitrogens with two attached hydrogens (primary N) is 1. The third kappa shape index (κ3) is 2.08. The van der Waals surface area contributed by atoms with Crippen LogP contribution in [0, 0.1) is 5.92 Å². The largest absolute Gasteiger partial charge is 0.347 e. The van der Waals surface area contributed by atoms with E-state index < -0.39 is 0 Å². The Kier molecular flexibility index (Phi) is 3.37. The molecule has 3 unspecified atom stereocenters. The van der Waals surface area contributed by atoms with Crippen molar-refractivity contribution in [1.29, 1.82) is 0 Å². The molecular formula is C10H19NO2S. The maximum absolute atomic E-state index is 5.88. The van der Waals surface area contributed by atoms with Gasteiger partial charge in [-0.3, -0.25) is 0 Å². The van der Waals surface area contributed by atoms with Crippen LogP contribution in [0.4, 0.5) is 0 Å². The Balaban J connectivity index is 1.94. The minimum absolute atomic E-state index is 0.104. The van der Waals surface area contributed by atoms with Crippen LogP contribution in [0.5, 0.6) is 0 Å². The third-order valence-electron chi connectivity index (χ3n) is 3.12. The predicted molar refractivity (Wildman–Crippen MR) is 58.3 cm³/mol. The van der Waals surface area contributed by atoms with Gasteiger partial charge in [0.25, 0.3) is 0 Å². The molecule has 4 heteroatoms. The minimum Gasteiger partial charge on any atom is -0.347 e. The van der Waals surface area contributed by atoms with Gasteiger partial charge in [-0.1, -0.05) is 0 Å². The van der Waals surface area contributed by atoms with E-state index in [1.807, 2.05) is 11.8 Å². The molecule has 14 heavy (non-hydrogen) atoms. The number of rotatable bonds is 2. The van der Waals surface area contributed by atoms with E-state index in [2.05, 4.69) is 6.92 Å². The summed E-state index contributed by atoms with van der Waals surface area (Å²) in [5.41, 5.74) is 5.57. The second kappa shape index (κ2) is 4.39. The van der Waals surface area contributed by atoms with Gasteiger partial charge in [0, 0.05) is 18.2 Å². The number of ether oxygens (including phenoxy) is 2. The molecule has 2 aliphatic rings. The zero-order chi connectivity index (χ0) is 10.0. The maximum Gasteiger partial charge on any atom is 0.169 e. The molecule has 0 amide bonds. The molecule has 0 aromatic heterocycles. The summed E-state index contributed by atoms with van der Waals surface area (Å²) in [7, 11) is 0. The van der Waals surface area contributed by atoms with Crippen LogP contribution in [0.15, 0.2) is 0 Å². The van der Waals surface area contributed by atoms with Crippen LogP contribution < -0.4 is 5.73 Å². The fraction of sp³-hybridized carbons (Fsp3) is 1.00. The molecule has 0 bridgehead atoms. The van der Waals surface area contributed by atoms with Crippen LogP contribution in [-0.2, 0) is 9.47 Å². The Hall–Kier alpha value is 0.230. The van der Waals surface area contributed by atoms with Crippen LogP contribution in [0.25, 0.3) is 0 Å². The molecule has 82 valence electrons.